The molecule has 0 unspecified atom stereocenters. The molecule has 0 saturated heterocycles. The highest BCUT2D eigenvalue weighted by atomic mass is 32.2. The second-order valence-electron chi connectivity index (χ2n) is 6.48. The van der Waals surface area contributed by atoms with Crippen molar-refractivity contribution in [1.82, 2.24) is 10.4 Å². The first-order chi connectivity index (χ1) is 14.0. The van der Waals surface area contributed by atoms with Gasteiger partial charge in [-0.15, -0.1) is 11.8 Å². The Morgan fingerprint density at radius 3 is 2.62 bits per heavy atom. The molecule has 0 aliphatic rings. The Morgan fingerprint density at radius 2 is 1.90 bits per heavy atom. The first kappa shape index (κ1) is 20.5. The van der Waals surface area contributed by atoms with Crippen molar-refractivity contribution in [2.75, 3.05) is 12.9 Å². The molecule has 6 nitrogen and oxygen atoms in total. The minimum absolute atomic E-state index is 0.201. The van der Waals surface area contributed by atoms with E-state index < -0.39 is 5.97 Å². The van der Waals surface area contributed by atoms with Crippen LogP contribution in [0.1, 0.15) is 27.2 Å². The van der Waals surface area contributed by atoms with Gasteiger partial charge in [0.25, 0.3) is 0 Å². The van der Waals surface area contributed by atoms with E-state index in [9.17, 15) is 9.59 Å². The normalized spacial score (nSPS) is 11.0. The number of pyridine rings is 1. The summed E-state index contributed by atoms with van der Waals surface area (Å²) in [6, 6.07) is 14.8. The molecule has 1 heterocycles. The molecule has 1 amide bonds. The number of hydrogen-bond acceptors (Lipinski definition) is 6. The van der Waals surface area contributed by atoms with Gasteiger partial charge in [-0.1, -0.05) is 23.8 Å². The zero-order valence-electron chi connectivity index (χ0n) is 16.4. The van der Waals surface area contributed by atoms with Crippen LogP contribution < -0.4 is 5.43 Å². The summed E-state index contributed by atoms with van der Waals surface area (Å²) >= 11 is 1.46. The van der Waals surface area contributed by atoms with E-state index in [1.807, 2.05) is 32.0 Å². The Hall–Kier alpha value is -3.19. The summed E-state index contributed by atoms with van der Waals surface area (Å²) in [5.41, 5.74) is 6.73. The number of ether oxygens (including phenoxy) is 1. The highest BCUT2D eigenvalue weighted by molar-refractivity contribution is 8.00. The molecule has 0 saturated carbocycles. The number of hydrogen-bond donors (Lipinski definition) is 1. The number of hydrazone groups is 1. The summed E-state index contributed by atoms with van der Waals surface area (Å²) in [4.78, 5) is 29.1. The second-order valence-corrected chi connectivity index (χ2v) is 7.49. The second kappa shape index (κ2) is 9.34. The van der Waals surface area contributed by atoms with Crippen LogP contribution in [0.4, 0.5) is 0 Å². The first-order valence-corrected chi connectivity index (χ1v) is 9.96. The van der Waals surface area contributed by atoms with E-state index in [1.165, 1.54) is 25.1 Å². The number of aryl methyl sites for hydroxylation is 2. The van der Waals surface area contributed by atoms with Crippen LogP contribution in [0.25, 0.3) is 10.9 Å². The zero-order valence-corrected chi connectivity index (χ0v) is 17.2. The molecule has 0 aliphatic carbocycles. The standard InChI is InChI=1S/C22H21N3O3S/c1-14-4-9-19-18(10-14)20(11-15(2)24-19)29-13-21(26)25-23-12-16-5-7-17(8-6-16)22(27)28-3/h4-12H,13H2,1-3H3,(H,25,26). The van der Waals surface area contributed by atoms with Crippen LogP contribution in [0.5, 0.6) is 0 Å². The van der Waals surface area contributed by atoms with Gasteiger partial charge in [-0.25, -0.2) is 10.2 Å². The van der Waals surface area contributed by atoms with Gasteiger partial charge in [0, 0.05) is 16.0 Å². The number of carbonyl (C=O) groups excluding carboxylic acids is 2. The van der Waals surface area contributed by atoms with Crippen LogP contribution in [-0.2, 0) is 9.53 Å². The third kappa shape index (κ3) is 5.42. The molecule has 0 spiro atoms. The van der Waals surface area contributed by atoms with Crippen LogP contribution >= 0.6 is 11.8 Å². The van der Waals surface area contributed by atoms with Crippen molar-refractivity contribution in [3.05, 3.63) is 70.9 Å². The number of benzene rings is 2. The van der Waals surface area contributed by atoms with Crippen molar-refractivity contribution < 1.29 is 14.3 Å². The Balaban J connectivity index is 1.59. The Kier molecular flexibility index (Phi) is 6.61. The van der Waals surface area contributed by atoms with E-state index in [2.05, 4.69) is 26.3 Å². The zero-order chi connectivity index (χ0) is 20.8. The van der Waals surface area contributed by atoms with Gasteiger partial charge in [0.1, 0.15) is 0 Å². The molecule has 0 bridgehead atoms. The molecule has 7 heteroatoms. The summed E-state index contributed by atoms with van der Waals surface area (Å²) in [5, 5.41) is 5.02. The highest BCUT2D eigenvalue weighted by Gasteiger charge is 2.08. The van der Waals surface area contributed by atoms with Gasteiger partial charge in [-0.2, -0.15) is 5.10 Å². The van der Waals surface area contributed by atoms with Crippen molar-refractivity contribution in [2.24, 2.45) is 5.10 Å². The number of nitrogens with zero attached hydrogens (tertiary/aromatic N) is 2. The number of amides is 1. The maximum Gasteiger partial charge on any atom is 0.337 e. The Morgan fingerprint density at radius 1 is 1.14 bits per heavy atom. The molecule has 2 aromatic carbocycles. The predicted molar refractivity (Wildman–Crippen MR) is 115 cm³/mol. The number of fused-ring (bicyclic) bond motifs is 1. The lowest BCUT2D eigenvalue weighted by Gasteiger charge is -2.08. The molecule has 3 aromatic rings. The van der Waals surface area contributed by atoms with E-state index >= 15 is 0 Å². The smallest absolute Gasteiger partial charge is 0.337 e. The number of methoxy groups -OCH3 is 1. The minimum Gasteiger partial charge on any atom is -0.465 e. The fourth-order valence-corrected chi connectivity index (χ4v) is 3.66. The van der Waals surface area contributed by atoms with E-state index in [1.54, 1.807) is 24.3 Å². The maximum atomic E-state index is 12.2. The molecule has 0 radical (unpaired) electrons. The van der Waals surface area contributed by atoms with Gasteiger partial charge in [-0.05, 0) is 49.7 Å². The van der Waals surface area contributed by atoms with Crippen molar-refractivity contribution in [3.8, 4) is 0 Å². The van der Waals surface area contributed by atoms with Gasteiger partial charge >= 0.3 is 5.97 Å². The lowest BCUT2D eigenvalue weighted by Crippen LogP contribution is -2.19. The summed E-state index contributed by atoms with van der Waals surface area (Å²) in [7, 11) is 1.34. The van der Waals surface area contributed by atoms with E-state index in [0.29, 0.717) is 5.56 Å². The van der Waals surface area contributed by atoms with Gasteiger partial charge in [-0.3, -0.25) is 9.78 Å². The van der Waals surface area contributed by atoms with Crippen molar-refractivity contribution in [1.29, 1.82) is 0 Å². The van der Waals surface area contributed by atoms with Crippen LogP contribution in [0.2, 0.25) is 0 Å². The molecule has 29 heavy (non-hydrogen) atoms. The SMILES string of the molecule is COC(=O)c1ccc(C=NNC(=O)CSc2cc(C)nc3ccc(C)cc23)cc1. The van der Waals surface area contributed by atoms with E-state index in [-0.39, 0.29) is 11.7 Å². The maximum absolute atomic E-state index is 12.2. The van der Waals surface area contributed by atoms with Gasteiger partial charge in [0.2, 0.25) is 5.91 Å². The lowest BCUT2D eigenvalue weighted by molar-refractivity contribution is -0.118. The first-order valence-electron chi connectivity index (χ1n) is 8.97. The third-order valence-corrected chi connectivity index (χ3v) is 5.20. The molecule has 3 rings (SSSR count). The Bertz CT molecular complexity index is 1080. The number of thioether (sulfide) groups is 1. The summed E-state index contributed by atoms with van der Waals surface area (Å²) in [5.74, 6) is -0.355. The van der Waals surface area contributed by atoms with Crippen molar-refractivity contribution in [2.45, 2.75) is 18.7 Å². The number of rotatable bonds is 6. The van der Waals surface area contributed by atoms with Crippen LogP contribution in [0.3, 0.4) is 0 Å². The molecular formula is C22H21N3O3S. The predicted octanol–water partition coefficient (Wildman–Crippen LogP) is 3.88. The molecule has 0 atom stereocenters. The van der Waals surface area contributed by atoms with Crippen molar-refractivity contribution in [3.63, 3.8) is 0 Å². The monoisotopic (exact) mass is 407 g/mol. The highest BCUT2D eigenvalue weighted by Crippen LogP contribution is 2.28. The molecule has 1 aromatic heterocycles. The lowest BCUT2D eigenvalue weighted by atomic mass is 10.1. The number of esters is 1. The average Bonchev–Trinajstić information content (AvgIpc) is 2.72. The summed E-state index contributed by atoms with van der Waals surface area (Å²) in [6.07, 6.45) is 1.53. The van der Waals surface area contributed by atoms with Crippen molar-refractivity contribution >= 4 is 40.8 Å². The molecule has 148 valence electrons. The van der Waals surface area contributed by atoms with E-state index in [4.69, 9.17) is 0 Å². The number of carbonyl (C=O) groups is 2. The molecular weight excluding hydrogens is 386 g/mol. The largest absolute Gasteiger partial charge is 0.465 e. The minimum atomic E-state index is -0.395. The topological polar surface area (TPSA) is 80.6 Å². The summed E-state index contributed by atoms with van der Waals surface area (Å²) in [6.45, 7) is 3.98. The quantitative estimate of drug-likeness (QED) is 0.290. The third-order valence-electron chi connectivity index (χ3n) is 4.15. The van der Waals surface area contributed by atoms with Gasteiger partial charge in [0.15, 0.2) is 0 Å². The van der Waals surface area contributed by atoms with Gasteiger partial charge < -0.3 is 4.74 Å². The molecule has 0 aliphatic heterocycles. The summed E-state index contributed by atoms with van der Waals surface area (Å²) < 4.78 is 4.66. The molecule has 1 N–H and O–H groups in total. The van der Waals surface area contributed by atoms with Crippen LogP contribution in [0.15, 0.2) is 58.5 Å². The molecule has 0 fully saturated rings. The van der Waals surface area contributed by atoms with Crippen LogP contribution in [0, 0.1) is 13.8 Å². The Labute approximate surface area is 173 Å². The number of nitrogens with one attached hydrogen (secondary N) is 1. The number of aromatic nitrogens is 1. The fraction of sp³-hybridized carbons (Fsp3) is 0.182. The van der Waals surface area contributed by atoms with Gasteiger partial charge in [0.05, 0.1) is 30.2 Å². The average molecular weight is 407 g/mol. The van der Waals surface area contributed by atoms with Crippen LogP contribution in [-0.4, -0.2) is 35.9 Å². The fourth-order valence-electron chi connectivity index (χ4n) is 2.73. The van der Waals surface area contributed by atoms with E-state index in [0.717, 1.165) is 32.6 Å².